The summed E-state index contributed by atoms with van der Waals surface area (Å²) in [5, 5.41) is 5.27. The molecule has 4 heteroatoms. The van der Waals surface area contributed by atoms with Crippen LogP contribution in [0.1, 0.15) is 17.4 Å². The van der Waals surface area contributed by atoms with Crippen molar-refractivity contribution in [1.82, 2.24) is 4.98 Å². The molecule has 2 aromatic heterocycles. The maximum Gasteiger partial charge on any atom is 0.125 e. The zero-order valence-electron chi connectivity index (χ0n) is 10.6. The molecule has 0 spiro atoms. The number of anilines is 1. The average Bonchev–Trinajstić information content (AvgIpc) is 2.90. The SMILES string of the molecule is CCNc1ccc(COCCc2cccs2)cn1. The molecule has 2 heterocycles. The fraction of sp³-hybridized carbons (Fsp3) is 0.357. The van der Waals surface area contributed by atoms with Crippen LogP contribution in [0.2, 0.25) is 0 Å². The minimum absolute atomic E-state index is 0.630. The van der Waals surface area contributed by atoms with Crippen LogP contribution in [0.5, 0.6) is 0 Å². The van der Waals surface area contributed by atoms with Crippen LogP contribution in [0.25, 0.3) is 0 Å². The predicted octanol–water partition coefficient (Wildman–Crippen LogP) is 3.33. The summed E-state index contributed by atoms with van der Waals surface area (Å²) in [5.74, 6) is 0.917. The molecule has 0 bridgehead atoms. The normalized spacial score (nSPS) is 10.5. The van der Waals surface area contributed by atoms with Gasteiger partial charge in [-0.15, -0.1) is 11.3 Å². The van der Waals surface area contributed by atoms with Crippen molar-refractivity contribution in [2.75, 3.05) is 18.5 Å². The van der Waals surface area contributed by atoms with Crippen LogP contribution >= 0.6 is 11.3 Å². The Labute approximate surface area is 112 Å². The fourth-order valence-corrected chi connectivity index (χ4v) is 2.30. The minimum Gasteiger partial charge on any atom is -0.376 e. The lowest BCUT2D eigenvalue weighted by Gasteiger charge is -2.05. The molecule has 3 nitrogen and oxygen atoms in total. The van der Waals surface area contributed by atoms with Crippen molar-refractivity contribution in [3.63, 3.8) is 0 Å². The predicted molar refractivity (Wildman–Crippen MR) is 76.1 cm³/mol. The van der Waals surface area contributed by atoms with Gasteiger partial charge in [-0.2, -0.15) is 0 Å². The number of hydrogen-bond donors (Lipinski definition) is 1. The van der Waals surface area contributed by atoms with Crippen LogP contribution in [-0.2, 0) is 17.8 Å². The molecule has 96 valence electrons. The van der Waals surface area contributed by atoms with E-state index in [0.717, 1.165) is 31.0 Å². The van der Waals surface area contributed by atoms with Crippen molar-refractivity contribution in [2.45, 2.75) is 20.0 Å². The number of nitrogens with zero attached hydrogens (tertiary/aromatic N) is 1. The van der Waals surface area contributed by atoms with E-state index >= 15 is 0 Å². The molecule has 0 saturated carbocycles. The number of pyridine rings is 1. The molecule has 0 aliphatic rings. The van der Waals surface area contributed by atoms with Gasteiger partial charge in [-0.1, -0.05) is 12.1 Å². The van der Waals surface area contributed by atoms with Crippen molar-refractivity contribution >= 4 is 17.2 Å². The summed E-state index contributed by atoms with van der Waals surface area (Å²) in [6.45, 7) is 4.34. The van der Waals surface area contributed by atoms with Crippen LogP contribution in [0.4, 0.5) is 5.82 Å². The average molecular weight is 262 g/mol. The largest absolute Gasteiger partial charge is 0.376 e. The van der Waals surface area contributed by atoms with Gasteiger partial charge in [0.25, 0.3) is 0 Å². The lowest BCUT2D eigenvalue weighted by Crippen LogP contribution is -2.01. The van der Waals surface area contributed by atoms with Crippen molar-refractivity contribution in [1.29, 1.82) is 0 Å². The number of ether oxygens (including phenoxy) is 1. The Kier molecular flexibility index (Phi) is 5.17. The standard InChI is InChI=1S/C14H18N2OS/c1-2-15-14-6-5-12(10-16-14)11-17-8-7-13-4-3-9-18-13/h3-6,9-10H,2,7-8,11H2,1H3,(H,15,16). The van der Waals surface area contributed by atoms with Crippen LogP contribution in [0.15, 0.2) is 35.8 Å². The first-order valence-corrected chi connectivity index (χ1v) is 7.05. The van der Waals surface area contributed by atoms with E-state index in [0.29, 0.717) is 6.61 Å². The third-order valence-corrected chi connectivity index (χ3v) is 3.46. The van der Waals surface area contributed by atoms with E-state index < -0.39 is 0 Å². The molecule has 0 amide bonds. The Morgan fingerprint density at radius 3 is 2.94 bits per heavy atom. The summed E-state index contributed by atoms with van der Waals surface area (Å²) < 4.78 is 5.64. The first kappa shape index (κ1) is 13.1. The number of rotatable bonds is 7. The quantitative estimate of drug-likeness (QED) is 0.777. The van der Waals surface area contributed by atoms with Crippen LogP contribution in [0, 0.1) is 0 Å². The molecular weight excluding hydrogens is 244 g/mol. The second kappa shape index (κ2) is 7.13. The molecule has 0 unspecified atom stereocenters. The van der Waals surface area contributed by atoms with Gasteiger partial charge in [0.1, 0.15) is 5.82 Å². The zero-order chi connectivity index (χ0) is 12.6. The summed E-state index contributed by atoms with van der Waals surface area (Å²) in [4.78, 5) is 5.68. The van der Waals surface area contributed by atoms with E-state index in [2.05, 4.69) is 40.8 Å². The lowest BCUT2D eigenvalue weighted by molar-refractivity contribution is 0.124. The Hall–Kier alpha value is -1.39. The van der Waals surface area contributed by atoms with Gasteiger partial charge in [0, 0.05) is 24.0 Å². The Morgan fingerprint density at radius 2 is 2.28 bits per heavy atom. The number of aromatic nitrogens is 1. The third kappa shape index (κ3) is 4.13. The Morgan fingerprint density at radius 1 is 1.33 bits per heavy atom. The van der Waals surface area contributed by atoms with E-state index in [4.69, 9.17) is 4.74 Å². The van der Waals surface area contributed by atoms with Gasteiger partial charge >= 0.3 is 0 Å². The summed E-state index contributed by atoms with van der Waals surface area (Å²) in [6, 6.07) is 8.25. The molecule has 2 aromatic rings. The van der Waals surface area contributed by atoms with Gasteiger partial charge in [-0.3, -0.25) is 0 Å². The van der Waals surface area contributed by atoms with E-state index in [9.17, 15) is 0 Å². The fourth-order valence-electron chi connectivity index (χ4n) is 1.61. The summed E-state index contributed by atoms with van der Waals surface area (Å²) >= 11 is 1.78. The number of thiophene rings is 1. The molecule has 0 atom stereocenters. The van der Waals surface area contributed by atoms with E-state index in [1.54, 1.807) is 11.3 Å². The van der Waals surface area contributed by atoms with Gasteiger partial charge in [0.05, 0.1) is 13.2 Å². The molecule has 0 aromatic carbocycles. The molecule has 0 saturated heterocycles. The molecule has 0 fully saturated rings. The van der Waals surface area contributed by atoms with Gasteiger partial charge < -0.3 is 10.1 Å². The van der Waals surface area contributed by atoms with E-state index in [1.165, 1.54) is 4.88 Å². The van der Waals surface area contributed by atoms with Crippen LogP contribution < -0.4 is 5.32 Å². The summed E-state index contributed by atoms with van der Waals surface area (Å²) in [6.07, 6.45) is 2.85. The van der Waals surface area contributed by atoms with Crippen molar-refractivity contribution in [2.24, 2.45) is 0 Å². The molecule has 0 radical (unpaired) electrons. The third-order valence-electron chi connectivity index (χ3n) is 2.52. The summed E-state index contributed by atoms with van der Waals surface area (Å²) in [5.41, 5.74) is 1.11. The highest BCUT2D eigenvalue weighted by Crippen LogP contribution is 2.10. The topological polar surface area (TPSA) is 34.1 Å². The minimum atomic E-state index is 0.630. The van der Waals surface area contributed by atoms with Crippen LogP contribution in [-0.4, -0.2) is 18.1 Å². The summed E-state index contributed by atoms with van der Waals surface area (Å²) in [7, 11) is 0. The maximum atomic E-state index is 5.64. The van der Waals surface area contributed by atoms with E-state index in [1.807, 2.05) is 12.3 Å². The van der Waals surface area contributed by atoms with Crippen molar-refractivity contribution in [3.8, 4) is 0 Å². The smallest absolute Gasteiger partial charge is 0.125 e. The molecular formula is C14H18N2OS. The highest BCUT2D eigenvalue weighted by Gasteiger charge is 1.97. The van der Waals surface area contributed by atoms with Gasteiger partial charge in [-0.25, -0.2) is 4.98 Å². The van der Waals surface area contributed by atoms with Gasteiger partial charge in [0.15, 0.2) is 0 Å². The second-order valence-corrected chi connectivity index (χ2v) is 5.00. The van der Waals surface area contributed by atoms with Crippen LogP contribution in [0.3, 0.4) is 0 Å². The first-order chi connectivity index (χ1) is 8.88. The van der Waals surface area contributed by atoms with Gasteiger partial charge in [-0.05, 0) is 30.0 Å². The molecule has 0 aliphatic heterocycles. The van der Waals surface area contributed by atoms with Crippen molar-refractivity contribution in [3.05, 3.63) is 46.3 Å². The Balaban J connectivity index is 1.69. The van der Waals surface area contributed by atoms with Crippen molar-refractivity contribution < 1.29 is 4.74 Å². The Bertz CT molecular complexity index is 439. The highest BCUT2D eigenvalue weighted by atomic mass is 32.1. The zero-order valence-corrected chi connectivity index (χ0v) is 11.4. The maximum absolute atomic E-state index is 5.64. The molecule has 18 heavy (non-hydrogen) atoms. The van der Waals surface area contributed by atoms with E-state index in [-0.39, 0.29) is 0 Å². The molecule has 1 N–H and O–H groups in total. The van der Waals surface area contributed by atoms with Gasteiger partial charge in [0.2, 0.25) is 0 Å². The lowest BCUT2D eigenvalue weighted by atomic mass is 10.3. The molecule has 2 rings (SSSR count). The number of nitrogens with one attached hydrogen (secondary N) is 1. The number of hydrogen-bond acceptors (Lipinski definition) is 4. The first-order valence-electron chi connectivity index (χ1n) is 6.17. The molecule has 0 aliphatic carbocycles. The highest BCUT2D eigenvalue weighted by molar-refractivity contribution is 7.09. The second-order valence-electron chi connectivity index (χ2n) is 3.96. The monoisotopic (exact) mass is 262 g/mol.